The zero-order chi connectivity index (χ0) is 16.3. The molecule has 2 N–H and O–H groups in total. The van der Waals surface area contributed by atoms with E-state index in [9.17, 15) is 9.59 Å². The minimum atomic E-state index is -1.04. The number of aryl methyl sites for hydroxylation is 1. The van der Waals surface area contributed by atoms with Crippen LogP contribution in [0.1, 0.15) is 29.2 Å². The number of carbonyl (C=O) groups is 2. The van der Waals surface area contributed by atoms with Crippen LogP contribution in [-0.4, -0.2) is 33.0 Å². The Balaban J connectivity index is 2.24. The van der Waals surface area contributed by atoms with Gasteiger partial charge in [-0.1, -0.05) is 13.8 Å². The summed E-state index contributed by atoms with van der Waals surface area (Å²) in [6.45, 7) is 5.23. The van der Waals surface area contributed by atoms with Crippen molar-refractivity contribution in [2.24, 2.45) is 5.92 Å². The van der Waals surface area contributed by atoms with Crippen molar-refractivity contribution >= 4 is 23.2 Å². The lowest BCUT2D eigenvalue weighted by molar-refractivity contribution is -0.140. The summed E-state index contributed by atoms with van der Waals surface area (Å²) in [6, 6.07) is 2.74. The smallest absolute Gasteiger partial charge is 0.326 e. The van der Waals surface area contributed by atoms with Crippen LogP contribution in [0.25, 0.3) is 10.6 Å². The summed E-state index contributed by atoms with van der Waals surface area (Å²) in [7, 11) is 0. The summed E-state index contributed by atoms with van der Waals surface area (Å²) in [5.74, 6) is -1.66. The van der Waals surface area contributed by atoms with Gasteiger partial charge in [-0.3, -0.25) is 9.78 Å². The second-order valence-corrected chi connectivity index (χ2v) is 6.21. The van der Waals surface area contributed by atoms with Crippen LogP contribution in [0.4, 0.5) is 0 Å². The van der Waals surface area contributed by atoms with Crippen LogP contribution in [0.5, 0.6) is 0 Å². The molecule has 1 amide bonds. The van der Waals surface area contributed by atoms with E-state index in [-0.39, 0.29) is 5.92 Å². The predicted octanol–water partition coefficient (Wildman–Crippen LogP) is 2.35. The van der Waals surface area contributed by atoms with E-state index < -0.39 is 17.9 Å². The Morgan fingerprint density at radius 2 is 2.09 bits per heavy atom. The Labute approximate surface area is 132 Å². The largest absolute Gasteiger partial charge is 0.480 e. The molecule has 0 bridgehead atoms. The molecule has 0 radical (unpaired) electrons. The maximum absolute atomic E-state index is 12.3. The standard InChI is InChI=1S/C15H17N3O3S/c1-8(2)11(15(20)21)18-13(19)12-9(3)17-14(22-12)10-5-4-6-16-7-10/h4-8,11H,1-3H3,(H,18,19)(H,20,21). The molecule has 116 valence electrons. The Bertz CT molecular complexity index is 683. The molecule has 22 heavy (non-hydrogen) atoms. The van der Waals surface area contributed by atoms with Crippen molar-refractivity contribution < 1.29 is 14.7 Å². The number of thiazole rings is 1. The second kappa shape index (κ2) is 6.65. The topological polar surface area (TPSA) is 92.2 Å². The number of amides is 1. The van der Waals surface area contributed by atoms with E-state index in [0.29, 0.717) is 15.6 Å². The van der Waals surface area contributed by atoms with Crippen molar-refractivity contribution in [3.63, 3.8) is 0 Å². The van der Waals surface area contributed by atoms with Gasteiger partial charge >= 0.3 is 5.97 Å². The van der Waals surface area contributed by atoms with Crippen molar-refractivity contribution in [1.29, 1.82) is 0 Å². The van der Waals surface area contributed by atoms with Gasteiger partial charge in [0.1, 0.15) is 15.9 Å². The van der Waals surface area contributed by atoms with Gasteiger partial charge in [0.15, 0.2) is 0 Å². The number of pyridine rings is 1. The molecule has 2 rings (SSSR count). The van der Waals surface area contributed by atoms with Crippen LogP contribution in [0.15, 0.2) is 24.5 Å². The highest BCUT2D eigenvalue weighted by molar-refractivity contribution is 7.17. The molecular weight excluding hydrogens is 302 g/mol. The Morgan fingerprint density at radius 1 is 1.36 bits per heavy atom. The third kappa shape index (κ3) is 3.48. The normalized spacial score (nSPS) is 12.2. The number of hydrogen-bond donors (Lipinski definition) is 2. The first-order chi connectivity index (χ1) is 10.4. The quantitative estimate of drug-likeness (QED) is 0.882. The van der Waals surface area contributed by atoms with Crippen molar-refractivity contribution in [2.75, 3.05) is 0 Å². The molecule has 0 aromatic carbocycles. The first kappa shape index (κ1) is 16.1. The van der Waals surface area contributed by atoms with Gasteiger partial charge in [-0.25, -0.2) is 9.78 Å². The fourth-order valence-corrected chi connectivity index (χ4v) is 2.90. The van der Waals surface area contributed by atoms with Crippen LogP contribution in [0.3, 0.4) is 0 Å². The van der Waals surface area contributed by atoms with Crippen molar-refractivity contribution in [3.8, 4) is 10.6 Å². The van der Waals surface area contributed by atoms with E-state index in [0.717, 1.165) is 5.56 Å². The number of carboxylic acids is 1. The van der Waals surface area contributed by atoms with Crippen LogP contribution in [-0.2, 0) is 4.79 Å². The SMILES string of the molecule is Cc1nc(-c2cccnc2)sc1C(=O)NC(C(=O)O)C(C)C. The van der Waals surface area contributed by atoms with E-state index >= 15 is 0 Å². The molecule has 2 heterocycles. The number of aromatic nitrogens is 2. The molecule has 1 atom stereocenters. The van der Waals surface area contributed by atoms with Crippen molar-refractivity contribution in [1.82, 2.24) is 15.3 Å². The zero-order valence-corrected chi connectivity index (χ0v) is 13.3. The third-order valence-electron chi connectivity index (χ3n) is 3.13. The zero-order valence-electron chi connectivity index (χ0n) is 12.5. The maximum Gasteiger partial charge on any atom is 0.326 e. The predicted molar refractivity (Wildman–Crippen MR) is 83.8 cm³/mol. The highest BCUT2D eigenvalue weighted by Crippen LogP contribution is 2.27. The van der Waals surface area contributed by atoms with Crippen LogP contribution >= 0.6 is 11.3 Å². The van der Waals surface area contributed by atoms with Gasteiger partial charge in [0.05, 0.1) is 5.69 Å². The van der Waals surface area contributed by atoms with Crippen LogP contribution in [0, 0.1) is 12.8 Å². The van der Waals surface area contributed by atoms with Crippen molar-refractivity contribution in [2.45, 2.75) is 26.8 Å². The van der Waals surface area contributed by atoms with Gasteiger partial charge < -0.3 is 10.4 Å². The third-order valence-corrected chi connectivity index (χ3v) is 4.34. The minimum absolute atomic E-state index is 0.201. The van der Waals surface area contributed by atoms with Gasteiger partial charge in [0.25, 0.3) is 5.91 Å². The number of carbonyl (C=O) groups excluding carboxylic acids is 1. The Kier molecular flexibility index (Phi) is 4.87. The summed E-state index contributed by atoms with van der Waals surface area (Å²) in [5, 5.41) is 12.4. The maximum atomic E-state index is 12.3. The summed E-state index contributed by atoms with van der Waals surface area (Å²) < 4.78 is 0. The van der Waals surface area contributed by atoms with E-state index in [2.05, 4.69) is 15.3 Å². The first-order valence-corrected chi connectivity index (χ1v) is 7.63. The molecular formula is C15H17N3O3S. The van der Waals surface area contributed by atoms with Gasteiger partial charge in [0.2, 0.25) is 0 Å². The number of nitrogens with one attached hydrogen (secondary N) is 1. The fraction of sp³-hybridized carbons (Fsp3) is 0.333. The average Bonchev–Trinajstić information content (AvgIpc) is 2.87. The van der Waals surface area contributed by atoms with Crippen LogP contribution < -0.4 is 5.32 Å². The number of hydrogen-bond acceptors (Lipinski definition) is 5. The molecule has 2 aromatic rings. The summed E-state index contributed by atoms with van der Waals surface area (Å²) in [4.78, 5) is 32.3. The number of rotatable bonds is 5. The highest BCUT2D eigenvalue weighted by Gasteiger charge is 2.26. The molecule has 0 aliphatic carbocycles. The van der Waals surface area contributed by atoms with Gasteiger partial charge in [-0.05, 0) is 25.0 Å². The van der Waals surface area contributed by atoms with Gasteiger partial charge in [-0.2, -0.15) is 0 Å². The number of carboxylic acid groups (broad SMARTS) is 1. The lowest BCUT2D eigenvalue weighted by atomic mass is 10.0. The summed E-state index contributed by atoms with van der Waals surface area (Å²) >= 11 is 1.23. The molecule has 0 aliphatic heterocycles. The molecule has 7 heteroatoms. The molecule has 0 saturated heterocycles. The minimum Gasteiger partial charge on any atom is -0.480 e. The lowest BCUT2D eigenvalue weighted by Gasteiger charge is -2.17. The second-order valence-electron chi connectivity index (χ2n) is 5.21. The number of aliphatic carboxylic acids is 1. The van der Waals surface area contributed by atoms with E-state index in [4.69, 9.17) is 5.11 Å². The highest BCUT2D eigenvalue weighted by atomic mass is 32.1. The molecule has 0 fully saturated rings. The van der Waals surface area contributed by atoms with Crippen LogP contribution in [0.2, 0.25) is 0 Å². The summed E-state index contributed by atoms with van der Waals surface area (Å²) in [5.41, 5.74) is 1.41. The molecule has 6 nitrogen and oxygen atoms in total. The van der Waals surface area contributed by atoms with E-state index in [1.54, 1.807) is 39.2 Å². The fourth-order valence-electron chi connectivity index (χ4n) is 1.94. The lowest BCUT2D eigenvalue weighted by Crippen LogP contribution is -2.44. The van der Waals surface area contributed by atoms with E-state index in [1.807, 2.05) is 6.07 Å². The first-order valence-electron chi connectivity index (χ1n) is 6.81. The molecule has 0 aliphatic rings. The molecule has 1 unspecified atom stereocenters. The van der Waals surface area contributed by atoms with Crippen molar-refractivity contribution in [3.05, 3.63) is 35.1 Å². The number of nitrogens with zero attached hydrogens (tertiary/aromatic N) is 2. The molecule has 2 aromatic heterocycles. The summed E-state index contributed by atoms with van der Waals surface area (Å²) in [6.07, 6.45) is 3.34. The molecule has 0 spiro atoms. The van der Waals surface area contributed by atoms with Gasteiger partial charge in [-0.15, -0.1) is 11.3 Å². The monoisotopic (exact) mass is 319 g/mol. The van der Waals surface area contributed by atoms with E-state index in [1.165, 1.54) is 11.3 Å². The Hall–Kier alpha value is -2.28. The Morgan fingerprint density at radius 3 is 2.64 bits per heavy atom. The average molecular weight is 319 g/mol. The van der Waals surface area contributed by atoms with Gasteiger partial charge in [0, 0.05) is 18.0 Å². The molecule has 0 saturated carbocycles.